The van der Waals surface area contributed by atoms with Crippen molar-refractivity contribution in [3.63, 3.8) is 0 Å². The van der Waals surface area contributed by atoms with Gasteiger partial charge in [-0.1, -0.05) is 15.5 Å². The van der Waals surface area contributed by atoms with E-state index in [4.69, 9.17) is 51.6 Å². The lowest BCUT2D eigenvalue weighted by Gasteiger charge is -2.10. The number of aromatic nitrogens is 9. The number of halogens is 1. The van der Waals surface area contributed by atoms with Gasteiger partial charge in [-0.25, -0.2) is 43.9 Å². The summed E-state index contributed by atoms with van der Waals surface area (Å²) in [5.41, 5.74) is 23.2. The quantitative estimate of drug-likeness (QED) is 0.0208. The Hall–Kier alpha value is -10.5. The van der Waals surface area contributed by atoms with E-state index in [1.807, 2.05) is 32.9 Å². The highest BCUT2D eigenvalue weighted by Gasteiger charge is 2.19. The molecule has 84 heavy (non-hydrogen) atoms. The van der Waals surface area contributed by atoms with E-state index in [1.165, 1.54) is 62.5 Å². The number of aliphatic hydroxyl groups is 3. The summed E-state index contributed by atoms with van der Waals surface area (Å²) < 4.78 is 35.2. The molecular weight excluding hydrogens is 1090 g/mol. The van der Waals surface area contributed by atoms with Gasteiger partial charge in [-0.2, -0.15) is 0 Å². The smallest absolute Gasteiger partial charge is 0.326 e. The third-order valence-electron chi connectivity index (χ3n) is 11.9. The molecule has 6 heterocycles. The number of carbonyl (C=O) groups is 2. The van der Waals surface area contributed by atoms with Gasteiger partial charge in [0.1, 0.15) is 85.5 Å². The van der Waals surface area contributed by atoms with Gasteiger partial charge in [0.15, 0.2) is 11.6 Å². The monoisotopic (exact) mass is 1160 g/mol. The van der Waals surface area contributed by atoms with Crippen LogP contribution in [-0.4, -0.2) is 144 Å². The second-order valence-electron chi connectivity index (χ2n) is 17.8. The molecule has 9 aromatic rings. The zero-order chi connectivity index (χ0) is 60.1. The molecule has 0 fully saturated rings. The second kappa shape index (κ2) is 29.8. The highest BCUT2D eigenvalue weighted by atomic mass is 19.1. The number of carbonyl (C=O) groups excluding carboxylic acids is 2. The molecule has 0 saturated carbocycles. The van der Waals surface area contributed by atoms with Crippen molar-refractivity contribution < 1.29 is 58.0 Å². The lowest BCUT2D eigenvalue weighted by atomic mass is 10.2. The minimum absolute atomic E-state index is 0.0121. The third-order valence-corrected chi connectivity index (χ3v) is 11.9. The zero-order valence-corrected chi connectivity index (χ0v) is 46.3. The minimum Gasteiger partial charge on any atom is -0.438 e. The maximum Gasteiger partial charge on any atom is 0.326 e. The topological polar surface area (TPSA) is 392 Å². The molecule has 6 aromatic heterocycles. The zero-order valence-electron chi connectivity index (χ0n) is 46.3. The number of nitrogens with one attached hydrogen (secondary N) is 3. The van der Waals surface area contributed by atoms with Crippen LogP contribution in [-0.2, 0) is 14.5 Å². The number of aromatic amines is 1. The predicted octanol–water partition coefficient (Wildman–Crippen LogP) is 6.58. The summed E-state index contributed by atoms with van der Waals surface area (Å²) >= 11 is 0. The predicted molar refractivity (Wildman–Crippen MR) is 311 cm³/mol. The van der Waals surface area contributed by atoms with E-state index in [0.717, 1.165) is 33.4 Å². The van der Waals surface area contributed by atoms with E-state index in [9.17, 15) is 14.0 Å². The van der Waals surface area contributed by atoms with Crippen LogP contribution in [0.1, 0.15) is 53.0 Å². The molecule has 29 heteroatoms. The third kappa shape index (κ3) is 15.5. The Labute approximate surface area is 478 Å². The van der Waals surface area contributed by atoms with Crippen LogP contribution in [0, 0.1) is 26.6 Å². The average Bonchev–Trinajstić information content (AvgIpc) is 4.00. The fourth-order valence-corrected chi connectivity index (χ4v) is 8.04. The molecule has 28 nitrogen and oxygen atoms in total. The van der Waals surface area contributed by atoms with Gasteiger partial charge in [-0.15, -0.1) is 0 Å². The number of benzene rings is 3. The Bertz CT molecular complexity index is 3810. The van der Waals surface area contributed by atoms with Crippen LogP contribution >= 0.6 is 0 Å². The summed E-state index contributed by atoms with van der Waals surface area (Å²) in [6, 6.07) is 18.7. The number of oxime groups is 3. The first-order chi connectivity index (χ1) is 40.7. The van der Waals surface area contributed by atoms with E-state index < -0.39 is 5.82 Å². The van der Waals surface area contributed by atoms with Crippen LogP contribution in [0.5, 0.6) is 34.9 Å². The number of ether oxygens (including phenoxy) is 3. The molecule has 3 aromatic carbocycles. The first-order valence-electron chi connectivity index (χ1n) is 25.7. The first-order valence-corrected chi connectivity index (χ1v) is 25.7. The number of unbranched alkanes of at least 4 members (excludes halogenated alkanes) is 1. The fourth-order valence-electron chi connectivity index (χ4n) is 8.04. The van der Waals surface area contributed by atoms with Gasteiger partial charge in [0, 0.05) is 65.1 Å². The van der Waals surface area contributed by atoms with Crippen molar-refractivity contribution >= 4 is 80.9 Å². The highest BCUT2D eigenvalue weighted by molar-refractivity contribution is 5.95. The van der Waals surface area contributed by atoms with Gasteiger partial charge < -0.3 is 76.9 Å². The lowest BCUT2D eigenvalue weighted by Crippen LogP contribution is -2.31. The average molecular weight is 1160 g/mol. The number of rotatable bonds is 21. The van der Waals surface area contributed by atoms with Gasteiger partial charge in [0.2, 0.25) is 17.6 Å². The number of hydrogen-bond donors (Lipinski definition) is 9. The van der Waals surface area contributed by atoms with Gasteiger partial charge >= 0.3 is 12.1 Å². The van der Waals surface area contributed by atoms with Gasteiger partial charge in [0.05, 0.1) is 36.3 Å². The van der Waals surface area contributed by atoms with Crippen LogP contribution in [0.4, 0.5) is 31.4 Å². The summed E-state index contributed by atoms with van der Waals surface area (Å²) in [7, 11) is 2.83. The van der Waals surface area contributed by atoms with Crippen molar-refractivity contribution in [3.05, 3.63) is 125 Å². The largest absolute Gasteiger partial charge is 0.438 e. The summed E-state index contributed by atoms with van der Waals surface area (Å²) in [6.45, 7) is 6.44. The Balaban J connectivity index is 0.000000181. The van der Waals surface area contributed by atoms with Crippen molar-refractivity contribution in [2.75, 3.05) is 70.9 Å². The number of hydrogen-bond acceptors (Lipinski definition) is 23. The number of anilines is 3. The Morgan fingerprint density at radius 3 is 1.58 bits per heavy atom. The number of aliphatic hydroxyl groups excluding tert-OH is 3. The van der Waals surface area contributed by atoms with E-state index >= 15 is 0 Å². The molecule has 440 valence electrons. The molecule has 0 aliphatic heterocycles. The van der Waals surface area contributed by atoms with Gasteiger partial charge in [0.25, 0.3) is 0 Å². The van der Waals surface area contributed by atoms with Crippen LogP contribution in [0.25, 0.3) is 32.7 Å². The number of fused-ring (bicyclic) bond motifs is 3. The number of amides is 2. The van der Waals surface area contributed by atoms with Crippen molar-refractivity contribution in [1.29, 1.82) is 0 Å². The molecule has 0 saturated heterocycles. The standard InChI is InChI=1S/C19H22N6O4.C18H20FN5O3.C18H20N6O4/c1-12-8-13-9-14(4-5-16(13)25(12)19(27)21-6-3-7-26)29-18-15(10-24-28-2)17(20)22-11-23-18;1-11-8-12-14(24-11)4-5-15(16(12)19)27-18-13(17(20)21-10-22-18)9-23-26-7-3-2-6-25;1-11-7-12-8-13(3-4-15(12)24(11)18(26)20-5-6-25)28-17-14(9-23-27-2)16(19)21-10-22-17/h4-5,8-11,26H,3,6-7H2,1-2H3,(H,21,27)(H2,20,22,23);4-5,8-10,24-25H,2-3,6-7H2,1H3,(H2,20,21,22);3-4,7-10,25H,5-6H2,1-2H3,(H,20,26)(H2,19,21,22)/b24-10+;2*23-9+. The number of nitrogens with zero attached hydrogens (tertiary/aromatic N) is 11. The van der Waals surface area contributed by atoms with Crippen molar-refractivity contribution in [3.8, 4) is 34.9 Å². The maximum absolute atomic E-state index is 14.7. The number of nitrogen functional groups attached to an aromatic ring is 3. The summed E-state index contributed by atoms with van der Waals surface area (Å²) in [5, 5.41) is 45.2. The molecule has 0 aliphatic rings. The number of nitrogens with two attached hydrogens (primary N) is 3. The van der Waals surface area contributed by atoms with Gasteiger partial charge in [-0.3, -0.25) is 9.13 Å². The molecule has 0 radical (unpaired) electrons. The highest BCUT2D eigenvalue weighted by Crippen LogP contribution is 2.33. The lowest BCUT2D eigenvalue weighted by molar-refractivity contribution is 0.135. The molecular formula is C55H62FN17O11. The van der Waals surface area contributed by atoms with Crippen molar-refractivity contribution in [2.24, 2.45) is 15.5 Å². The van der Waals surface area contributed by atoms with Crippen LogP contribution in [0.3, 0.4) is 0 Å². The Morgan fingerprint density at radius 2 is 1.10 bits per heavy atom. The van der Waals surface area contributed by atoms with Gasteiger partial charge in [-0.05, 0) is 107 Å². The normalized spacial score (nSPS) is 11.2. The van der Waals surface area contributed by atoms with E-state index in [0.29, 0.717) is 71.5 Å². The van der Waals surface area contributed by atoms with Crippen LogP contribution in [0.2, 0.25) is 0 Å². The summed E-state index contributed by atoms with van der Waals surface area (Å²) in [4.78, 5) is 66.3. The molecule has 12 N–H and O–H groups in total. The Kier molecular flexibility index (Phi) is 21.7. The number of H-pyrrole nitrogens is 1. The first kappa shape index (κ1) is 61.1. The Morgan fingerprint density at radius 1 is 0.607 bits per heavy atom. The molecule has 9 rings (SSSR count). The minimum atomic E-state index is -0.503. The summed E-state index contributed by atoms with van der Waals surface area (Å²) in [5.74, 6) is 1.59. The van der Waals surface area contributed by atoms with E-state index in [1.54, 1.807) is 53.1 Å². The molecule has 0 unspecified atom stereocenters. The number of aryl methyl sites for hydroxylation is 3. The SMILES string of the molecule is CO/N=C/c1c(N)ncnc1Oc1ccc2c(c1)cc(C)n2C(=O)NCCCO.CO/N=C/c1c(N)ncnc1Oc1ccc2c(c1)cc(C)n2C(=O)NCCO.Cc1cc2c(F)c(Oc3ncnc(N)c3/C=N/OCCCCO)ccc2[nH]1. The molecule has 0 aliphatic carbocycles. The summed E-state index contributed by atoms with van der Waals surface area (Å²) in [6.07, 6.45) is 9.67. The molecule has 2 amide bonds. The van der Waals surface area contributed by atoms with Crippen LogP contribution in [0.15, 0.2) is 101 Å². The fraction of sp³-hybridized carbons (Fsp3) is 0.255. The van der Waals surface area contributed by atoms with Crippen molar-refractivity contribution in [2.45, 2.75) is 40.0 Å². The molecule has 0 atom stereocenters. The molecule has 0 spiro atoms. The van der Waals surface area contributed by atoms with E-state index in [2.05, 4.69) is 70.7 Å². The van der Waals surface area contributed by atoms with E-state index in [-0.39, 0.29) is 84.8 Å². The van der Waals surface area contributed by atoms with Crippen molar-refractivity contribution in [1.82, 2.24) is 54.7 Å². The molecule has 0 bridgehead atoms. The second-order valence-corrected chi connectivity index (χ2v) is 17.8. The maximum atomic E-state index is 14.7. The van der Waals surface area contributed by atoms with Crippen LogP contribution < -0.4 is 42.0 Å².